The number of hydrogen-bond acceptors (Lipinski definition) is 3. The molecule has 2 aromatic rings. The van der Waals surface area contributed by atoms with Crippen LogP contribution in [-0.2, 0) is 10.3 Å². The van der Waals surface area contributed by atoms with E-state index in [0.717, 1.165) is 43.4 Å². The van der Waals surface area contributed by atoms with E-state index in [4.69, 9.17) is 11.6 Å². The molecule has 5 nitrogen and oxygen atoms in total. The second-order valence-corrected chi connectivity index (χ2v) is 9.91. The van der Waals surface area contributed by atoms with E-state index in [9.17, 15) is 4.79 Å². The molecule has 4 fully saturated rings. The summed E-state index contributed by atoms with van der Waals surface area (Å²) in [6, 6.07) is 5.68. The smallest absolute Gasteiger partial charge is 0.230 e. The Morgan fingerprint density at radius 1 is 1.30 bits per heavy atom. The van der Waals surface area contributed by atoms with E-state index < -0.39 is 0 Å². The SMILES string of the molecule is Cc1c(Cl)cccc1NC(=O)C12C[C@H]3C[C@H](C1)CC(n1cnc(Br)n1)(C3)C2. The molecule has 7 heteroatoms. The summed E-state index contributed by atoms with van der Waals surface area (Å²) in [6.45, 7) is 1.95. The third-order valence-corrected chi connectivity index (χ3v) is 7.75. The summed E-state index contributed by atoms with van der Waals surface area (Å²) in [4.78, 5) is 17.8. The lowest BCUT2D eigenvalue weighted by atomic mass is 9.46. The van der Waals surface area contributed by atoms with E-state index in [1.54, 1.807) is 0 Å². The number of rotatable bonds is 3. The number of carbonyl (C=O) groups is 1. The van der Waals surface area contributed by atoms with Crippen molar-refractivity contribution in [1.29, 1.82) is 0 Å². The van der Waals surface area contributed by atoms with Gasteiger partial charge in [0.05, 0.1) is 11.0 Å². The molecular formula is C20H22BrClN4O. The number of halogens is 2. The molecule has 1 aromatic heterocycles. The van der Waals surface area contributed by atoms with Gasteiger partial charge in [-0.25, -0.2) is 9.67 Å². The molecule has 0 spiro atoms. The average molecular weight is 450 g/mol. The van der Waals surface area contributed by atoms with Crippen LogP contribution in [0, 0.1) is 24.2 Å². The van der Waals surface area contributed by atoms with E-state index >= 15 is 0 Å². The molecule has 4 bridgehead atoms. The van der Waals surface area contributed by atoms with Crippen LogP contribution in [0.25, 0.3) is 0 Å². The number of benzene rings is 1. The summed E-state index contributed by atoms with van der Waals surface area (Å²) in [5, 5.41) is 8.46. The number of aromatic nitrogens is 3. The highest BCUT2D eigenvalue weighted by Crippen LogP contribution is 2.64. The first kappa shape index (κ1) is 17.7. The van der Waals surface area contributed by atoms with Gasteiger partial charge >= 0.3 is 0 Å². The molecule has 0 saturated heterocycles. The van der Waals surface area contributed by atoms with Crippen molar-refractivity contribution >= 4 is 39.1 Å². The summed E-state index contributed by atoms with van der Waals surface area (Å²) in [6.07, 6.45) is 8.06. The van der Waals surface area contributed by atoms with Crippen LogP contribution in [0.1, 0.15) is 44.1 Å². The molecule has 142 valence electrons. The Labute approximate surface area is 172 Å². The lowest BCUT2D eigenvalue weighted by Crippen LogP contribution is -2.60. The van der Waals surface area contributed by atoms with E-state index in [2.05, 4.69) is 31.3 Å². The number of anilines is 1. The third kappa shape index (κ3) is 2.75. The van der Waals surface area contributed by atoms with Crippen molar-refractivity contribution in [2.45, 2.75) is 51.0 Å². The lowest BCUT2D eigenvalue weighted by molar-refractivity contribution is -0.150. The number of amides is 1. The van der Waals surface area contributed by atoms with E-state index in [1.807, 2.05) is 36.1 Å². The Bertz CT molecular complexity index is 912. The maximum absolute atomic E-state index is 13.5. The van der Waals surface area contributed by atoms with Gasteiger partial charge in [-0.2, -0.15) is 0 Å². The van der Waals surface area contributed by atoms with Crippen LogP contribution < -0.4 is 5.32 Å². The summed E-state index contributed by atoms with van der Waals surface area (Å²) in [5.74, 6) is 1.31. The first-order valence-corrected chi connectivity index (χ1v) is 10.7. The predicted octanol–water partition coefficient (Wildman–Crippen LogP) is 4.94. The van der Waals surface area contributed by atoms with Crippen molar-refractivity contribution in [2.75, 3.05) is 5.32 Å². The largest absolute Gasteiger partial charge is 0.325 e. The maximum Gasteiger partial charge on any atom is 0.230 e. The number of carbonyl (C=O) groups excluding carboxylic acids is 1. The Hall–Kier alpha value is -1.40. The van der Waals surface area contributed by atoms with Crippen LogP contribution in [0.15, 0.2) is 29.3 Å². The number of hydrogen-bond donors (Lipinski definition) is 1. The van der Waals surface area contributed by atoms with E-state index in [1.165, 1.54) is 6.42 Å². The molecule has 0 aliphatic heterocycles. The molecular weight excluding hydrogens is 428 g/mol. The van der Waals surface area contributed by atoms with Crippen LogP contribution in [-0.4, -0.2) is 20.7 Å². The van der Waals surface area contributed by atoms with Crippen LogP contribution in [0.3, 0.4) is 0 Å². The fourth-order valence-corrected chi connectivity index (χ4v) is 6.65. The van der Waals surface area contributed by atoms with Gasteiger partial charge in [0.2, 0.25) is 10.6 Å². The highest BCUT2D eigenvalue weighted by Gasteiger charge is 2.61. The van der Waals surface area contributed by atoms with E-state index in [-0.39, 0.29) is 16.9 Å². The molecule has 1 amide bonds. The third-order valence-electron chi connectivity index (χ3n) is 6.98. The molecule has 0 unspecified atom stereocenters. The van der Waals surface area contributed by atoms with Gasteiger partial charge in [0, 0.05) is 10.7 Å². The summed E-state index contributed by atoms with van der Waals surface area (Å²) < 4.78 is 2.65. The lowest BCUT2D eigenvalue weighted by Gasteiger charge is -2.60. The number of nitrogens with one attached hydrogen (secondary N) is 1. The molecule has 4 aliphatic carbocycles. The summed E-state index contributed by atoms with van der Waals surface area (Å²) in [5.41, 5.74) is 1.34. The van der Waals surface area contributed by atoms with Gasteiger partial charge in [-0.05, 0) is 90.9 Å². The predicted molar refractivity (Wildman–Crippen MR) is 108 cm³/mol. The minimum absolute atomic E-state index is 0.0795. The van der Waals surface area contributed by atoms with Gasteiger partial charge in [-0.3, -0.25) is 4.79 Å². The molecule has 4 saturated carbocycles. The molecule has 6 rings (SSSR count). The highest BCUT2D eigenvalue weighted by molar-refractivity contribution is 9.10. The first-order chi connectivity index (χ1) is 12.9. The standard InChI is InChI=1S/C20H22BrClN4O/c1-12-15(22)3-2-4-16(12)24-17(27)19-6-13-5-14(7-19)9-20(8-13,10-19)26-11-23-18(21)25-26/h2-4,11,13-14H,5-10H2,1H3,(H,24,27)/t13-,14-,19?,20?/m1/s1. The van der Waals surface area contributed by atoms with E-state index in [0.29, 0.717) is 21.6 Å². The second kappa shape index (κ2) is 6.05. The van der Waals surface area contributed by atoms with Gasteiger partial charge in [0.1, 0.15) is 6.33 Å². The van der Waals surface area contributed by atoms with Crippen LogP contribution in [0.2, 0.25) is 5.02 Å². The van der Waals surface area contributed by atoms with Crippen molar-refractivity contribution in [3.05, 3.63) is 39.8 Å². The van der Waals surface area contributed by atoms with Crippen molar-refractivity contribution < 1.29 is 4.79 Å². The molecule has 1 heterocycles. The van der Waals surface area contributed by atoms with Crippen molar-refractivity contribution in [2.24, 2.45) is 17.3 Å². The Balaban J connectivity index is 1.48. The van der Waals surface area contributed by atoms with Gasteiger partial charge in [-0.1, -0.05) is 17.7 Å². The Kier molecular flexibility index (Phi) is 3.96. The molecule has 1 aromatic carbocycles. The summed E-state index contributed by atoms with van der Waals surface area (Å²) in [7, 11) is 0. The fraction of sp³-hybridized carbons (Fsp3) is 0.550. The van der Waals surface area contributed by atoms with Crippen molar-refractivity contribution in [3.8, 4) is 0 Å². The zero-order valence-corrected chi connectivity index (χ0v) is 17.6. The van der Waals surface area contributed by atoms with Crippen molar-refractivity contribution in [3.63, 3.8) is 0 Å². The first-order valence-electron chi connectivity index (χ1n) is 9.53. The monoisotopic (exact) mass is 448 g/mol. The average Bonchev–Trinajstić information content (AvgIpc) is 3.05. The molecule has 2 atom stereocenters. The highest BCUT2D eigenvalue weighted by atomic mass is 79.9. The van der Waals surface area contributed by atoms with Crippen LogP contribution in [0.4, 0.5) is 5.69 Å². The zero-order chi connectivity index (χ0) is 18.8. The maximum atomic E-state index is 13.5. The number of nitrogens with zero attached hydrogens (tertiary/aromatic N) is 3. The minimum atomic E-state index is -0.322. The molecule has 4 aliphatic rings. The van der Waals surface area contributed by atoms with Gasteiger partial charge < -0.3 is 5.32 Å². The fourth-order valence-electron chi connectivity index (χ4n) is 6.22. The van der Waals surface area contributed by atoms with Crippen LogP contribution in [0.5, 0.6) is 0 Å². The minimum Gasteiger partial charge on any atom is -0.325 e. The Morgan fingerprint density at radius 3 is 2.70 bits per heavy atom. The van der Waals surface area contributed by atoms with Crippen LogP contribution >= 0.6 is 27.5 Å². The van der Waals surface area contributed by atoms with Gasteiger partial charge in [0.25, 0.3) is 0 Å². The molecule has 1 N–H and O–H groups in total. The Morgan fingerprint density at radius 2 is 2.04 bits per heavy atom. The van der Waals surface area contributed by atoms with Crippen molar-refractivity contribution in [1.82, 2.24) is 14.8 Å². The second-order valence-electron chi connectivity index (χ2n) is 8.79. The molecule has 27 heavy (non-hydrogen) atoms. The molecule has 0 radical (unpaired) electrons. The summed E-state index contributed by atoms with van der Waals surface area (Å²) >= 11 is 9.62. The van der Waals surface area contributed by atoms with Gasteiger partial charge in [0.15, 0.2) is 0 Å². The van der Waals surface area contributed by atoms with Gasteiger partial charge in [-0.15, -0.1) is 5.10 Å². The zero-order valence-electron chi connectivity index (χ0n) is 15.2. The normalized spacial score (nSPS) is 34.0. The topological polar surface area (TPSA) is 59.8 Å². The quantitative estimate of drug-likeness (QED) is 0.722.